The number of hydrogen-bond acceptors (Lipinski definition) is 0. The SMILES string of the molecule is C=C(/C=C(/F)C(=C)C(=C)/C=C\C(=C)c1ccc(F)c(F)c1)CCCCCCC/C(C)=C/C(F)=C(\CC)C1=CC(F)=C(F)CC1. The molecule has 0 amide bonds. The summed E-state index contributed by atoms with van der Waals surface area (Å²) >= 11 is 0. The smallest absolute Gasteiger partial charge is 0.159 e. The van der Waals surface area contributed by atoms with Crippen LogP contribution in [-0.2, 0) is 0 Å². The van der Waals surface area contributed by atoms with Crippen molar-refractivity contribution in [3.63, 3.8) is 0 Å². The predicted molar refractivity (Wildman–Crippen MR) is 172 cm³/mol. The summed E-state index contributed by atoms with van der Waals surface area (Å²) < 4.78 is 83.1. The molecule has 1 aliphatic rings. The Morgan fingerprint density at radius 2 is 1.48 bits per heavy atom. The van der Waals surface area contributed by atoms with Crippen LogP contribution in [0.1, 0.15) is 83.6 Å². The Morgan fingerprint density at radius 1 is 0.818 bits per heavy atom. The molecule has 1 aliphatic carbocycles. The van der Waals surface area contributed by atoms with Crippen molar-refractivity contribution >= 4 is 5.57 Å². The normalized spacial score (nSPS) is 15.0. The molecule has 0 spiro atoms. The monoisotopic (exact) mass is 612 g/mol. The molecule has 0 aromatic heterocycles. The molecule has 2 rings (SSSR count). The molecule has 0 bridgehead atoms. The van der Waals surface area contributed by atoms with Gasteiger partial charge in [0, 0.05) is 12.0 Å². The Bertz CT molecular complexity index is 1440. The van der Waals surface area contributed by atoms with Crippen LogP contribution in [0, 0.1) is 11.6 Å². The van der Waals surface area contributed by atoms with Crippen LogP contribution in [0.3, 0.4) is 0 Å². The van der Waals surface area contributed by atoms with Crippen molar-refractivity contribution in [2.75, 3.05) is 0 Å². The Hall–Kier alpha value is -3.80. The molecule has 0 aliphatic heterocycles. The third kappa shape index (κ3) is 11.7. The Morgan fingerprint density at radius 3 is 2.11 bits per heavy atom. The van der Waals surface area contributed by atoms with Gasteiger partial charge in [-0.25, -0.2) is 26.3 Å². The second-order valence-electron chi connectivity index (χ2n) is 11.0. The lowest BCUT2D eigenvalue weighted by molar-refractivity contribution is 0.508. The summed E-state index contributed by atoms with van der Waals surface area (Å²) in [5.74, 6) is -4.56. The van der Waals surface area contributed by atoms with Gasteiger partial charge in [0.2, 0.25) is 0 Å². The second-order valence-corrected chi connectivity index (χ2v) is 11.0. The van der Waals surface area contributed by atoms with E-state index in [1.807, 2.05) is 6.92 Å². The molecular formula is C38H42F6. The maximum atomic E-state index is 14.9. The van der Waals surface area contributed by atoms with Crippen LogP contribution in [0.15, 0.2) is 132 Å². The maximum Gasteiger partial charge on any atom is 0.159 e. The summed E-state index contributed by atoms with van der Waals surface area (Å²) in [4.78, 5) is 0. The molecular weight excluding hydrogens is 570 g/mol. The zero-order chi connectivity index (χ0) is 32.8. The van der Waals surface area contributed by atoms with E-state index in [0.717, 1.165) is 62.3 Å². The first kappa shape index (κ1) is 36.4. The zero-order valence-corrected chi connectivity index (χ0v) is 25.8. The third-order valence-electron chi connectivity index (χ3n) is 7.43. The molecule has 0 saturated heterocycles. The zero-order valence-electron chi connectivity index (χ0n) is 25.8. The van der Waals surface area contributed by atoms with Crippen molar-refractivity contribution in [1.82, 2.24) is 0 Å². The number of rotatable bonds is 17. The topological polar surface area (TPSA) is 0 Å². The molecule has 0 unspecified atom stereocenters. The molecule has 0 N–H and O–H groups in total. The van der Waals surface area contributed by atoms with E-state index in [2.05, 4.69) is 26.3 Å². The third-order valence-corrected chi connectivity index (χ3v) is 7.43. The van der Waals surface area contributed by atoms with Gasteiger partial charge in [0.1, 0.15) is 17.5 Å². The lowest BCUT2D eigenvalue weighted by atomic mass is 9.93. The van der Waals surface area contributed by atoms with E-state index >= 15 is 0 Å². The van der Waals surface area contributed by atoms with Gasteiger partial charge in [0.25, 0.3) is 0 Å². The highest BCUT2D eigenvalue weighted by atomic mass is 19.2. The van der Waals surface area contributed by atoms with E-state index in [-0.39, 0.29) is 17.8 Å². The lowest BCUT2D eigenvalue weighted by Crippen LogP contribution is -1.98. The van der Waals surface area contributed by atoms with E-state index in [4.69, 9.17) is 0 Å². The van der Waals surface area contributed by atoms with Gasteiger partial charge in [-0.3, -0.25) is 0 Å². The van der Waals surface area contributed by atoms with E-state index < -0.39 is 29.1 Å². The minimum Gasteiger partial charge on any atom is -0.209 e. The highest BCUT2D eigenvalue weighted by molar-refractivity contribution is 5.73. The predicted octanol–water partition coefficient (Wildman–Crippen LogP) is 13.2. The highest BCUT2D eigenvalue weighted by Crippen LogP contribution is 2.33. The number of hydrogen-bond donors (Lipinski definition) is 0. The van der Waals surface area contributed by atoms with Gasteiger partial charge in [-0.05, 0) is 104 Å². The van der Waals surface area contributed by atoms with Crippen LogP contribution >= 0.6 is 0 Å². The molecule has 0 nitrogen and oxygen atoms in total. The fourth-order valence-electron chi connectivity index (χ4n) is 4.70. The van der Waals surface area contributed by atoms with Crippen LogP contribution < -0.4 is 0 Å². The molecule has 1 aromatic rings. The maximum absolute atomic E-state index is 14.9. The minimum atomic E-state index is -0.978. The highest BCUT2D eigenvalue weighted by Gasteiger charge is 2.17. The van der Waals surface area contributed by atoms with Crippen LogP contribution in [0.4, 0.5) is 26.3 Å². The van der Waals surface area contributed by atoms with Crippen LogP contribution in [0.2, 0.25) is 0 Å². The van der Waals surface area contributed by atoms with Crippen molar-refractivity contribution in [2.45, 2.75) is 78.1 Å². The molecule has 0 radical (unpaired) electrons. The van der Waals surface area contributed by atoms with Crippen LogP contribution in [0.25, 0.3) is 5.57 Å². The summed E-state index contributed by atoms with van der Waals surface area (Å²) in [6.07, 6.45) is 13.6. The molecule has 44 heavy (non-hydrogen) atoms. The average Bonchev–Trinajstić information content (AvgIpc) is 2.98. The van der Waals surface area contributed by atoms with Crippen molar-refractivity contribution < 1.29 is 26.3 Å². The first-order valence-electron chi connectivity index (χ1n) is 14.9. The minimum absolute atomic E-state index is 0.0406. The van der Waals surface area contributed by atoms with E-state index in [9.17, 15) is 26.3 Å². The molecule has 0 atom stereocenters. The van der Waals surface area contributed by atoms with E-state index in [1.165, 1.54) is 30.4 Å². The number of benzene rings is 1. The Kier molecular flexibility index (Phi) is 15.0. The number of unbranched alkanes of at least 4 members (excludes halogenated alkanes) is 4. The average molecular weight is 613 g/mol. The summed E-state index contributed by atoms with van der Waals surface area (Å²) in [6, 6.07) is 3.45. The lowest BCUT2D eigenvalue weighted by Gasteiger charge is -2.15. The standard InChI is InChI=1S/C38H42F6/c1-7-32(31-18-20-34(40)38(44)24-31)36(42)22-26(3)14-12-10-8-9-11-13-25(2)21-35(41)29(6)27(4)15-16-28(5)30-17-19-33(39)37(43)23-30/h15-17,19,21-24H,2,4-14,18,20H2,1,3H3/b16-15-,26-22+,35-21+,36-32-. The van der Waals surface area contributed by atoms with E-state index in [0.29, 0.717) is 52.7 Å². The summed E-state index contributed by atoms with van der Waals surface area (Å²) in [5.41, 5.74) is 3.67. The molecule has 0 fully saturated rings. The largest absolute Gasteiger partial charge is 0.209 e. The van der Waals surface area contributed by atoms with Gasteiger partial charge in [0.15, 0.2) is 17.5 Å². The first-order chi connectivity index (χ1) is 20.8. The fourth-order valence-corrected chi connectivity index (χ4v) is 4.70. The van der Waals surface area contributed by atoms with Gasteiger partial charge < -0.3 is 0 Å². The summed E-state index contributed by atoms with van der Waals surface area (Å²) in [7, 11) is 0. The molecule has 0 heterocycles. The van der Waals surface area contributed by atoms with Crippen molar-refractivity contribution in [3.05, 3.63) is 149 Å². The van der Waals surface area contributed by atoms with E-state index in [1.54, 1.807) is 6.92 Å². The Labute approximate surface area is 258 Å². The van der Waals surface area contributed by atoms with Gasteiger partial charge in [0.05, 0.1) is 0 Å². The summed E-state index contributed by atoms with van der Waals surface area (Å²) in [6.45, 7) is 19.0. The van der Waals surface area contributed by atoms with Crippen LogP contribution in [-0.4, -0.2) is 0 Å². The van der Waals surface area contributed by atoms with Crippen LogP contribution in [0.5, 0.6) is 0 Å². The molecule has 1 aromatic carbocycles. The van der Waals surface area contributed by atoms with Gasteiger partial charge in [-0.15, -0.1) is 0 Å². The van der Waals surface area contributed by atoms with Crippen molar-refractivity contribution in [1.29, 1.82) is 0 Å². The van der Waals surface area contributed by atoms with Gasteiger partial charge in [-0.2, -0.15) is 0 Å². The second kappa shape index (κ2) is 18.1. The number of allylic oxidation sites excluding steroid dienone is 16. The van der Waals surface area contributed by atoms with Gasteiger partial charge >= 0.3 is 0 Å². The molecule has 0 saturated carbocycles. The first-order valence-corrected chi connectivity index (χ1v) is 14.9. The quantitative estimate of drug-likeness (QED) is 0.0933. The van der Waals surface area contributed by atoms with Crippen molar-refractivity contribution in [2.24, 2.45) is 0 Å². The molecule has 236 valence electrons. The molecule has 6 heteroatoms. The van der Waals surface area contributed by atoms with Crippen molar-refractivity contribution in [3.8, 4) is 0 Å². The number of halogens is 6. The summed E-state index contributed by atoms with van der Waals surface area (Å²) in [5, 5.41) is 0. The fraction of sp³-hybridized carbons (Fsp3) is 0.316. The van der Waals surface area contributed by atoms with Gasteiger partial charge in [-0.1, -0.05) is 81.9 Å². The Balaban J connectivity index is 1.73.